The van der Waals surface area contributed by atoms with Gasteiger partial charge in [0.05, 0.1) is 23.5 Å². The Morgan fingerprint density at radius 3 is 2.68 bits per heavy atom. The number of imide groups is 1. The summed E-state index contributed by atoms with van der Waals surface area (Å²) < 4.78 is 7.35. The highest BCUT2D eigenvalue weighted by atomic mass is 16.5. The summed E-state index contributed by atoms with van der Waals surface area (Å²) in [7, 11) is 1.84. The summed E-state index contributed by atoms with van der Waals surface area (Å²) in [5, 5.41) is 6.82. The zero-order valence-electron chi connectivity index (χ0n) is 20.4. The lowest BCUT2D eigenvalue weighted by Crippen LogP contribution is -2.49. The van der Waals surface area contributed by atoms with Crippen LogP contribution in [0, 0.1) is 11.8 Å². The molecule has 2 aromatic heterocycles. The number of amides is 3. The van der Waals surface area contributed by atoms with Gasteiger partial charge in [-0.25, -0.2) is 9.31 Å². The molecular formula is C26H37N5O3. The van der Waals surface area contributed by atoms with E-state index in [-0.39, 0.29) is 11.9 Å². The molecule has 34 heavy (non-hydrogen) atoms. The maximum absolute atomic E-state index is 12.3. The number of nitrogens with one attached hydrogen (secondary N) is 1. The minimum absolute atomic E-state index is 0.221. The van der Waals surface area contributed by atoms with E-state index in [1.165, 1.54) is 57.2 Å². The second kappa shape index (κ2) is 10.0. The molecule has 8 nitrogen and oxygen atoms in total. The lowest BCUT2D eigenvalue weighted by molar-refractivity contribution is -0.120. The van der Waals surface area contributed by atoms with Gasteiger partial charge in [0.25, 0.3) is 0 Å². The zero-order valence-corrected chi connectivity index (χ0v) is 20.4. The number of carbonyl (C=O) groups excluding carboxylic acids is 2. The molecule has 5 rings (SSSR count). The molecule has 1 aliphatic carbocycles. The molecule has 2 saturated heterocycles. The average molecular weight is 468 g/mol. The van der Waals surface area contributed by atoms with Gasteiger partial charge < -0.3 is 9.64 Å². The van der Waals surface area contributed by atoms with Gasteiger partial charge in [0.1, 0.15) is 0 Å². The van der Waals surface area contributed by atoms with E-state index in [0.29, 0.717) is 31.0 Å². The Hall–Kier alpha value is -2.45. The van der Waals surface area contributed by atoms with Gasteiger partial charge in [-0.2, -0.15) is 5.10 Å². The molecule has 2 aliphatic heterocycles. The van der Waals surface area contributed by atoms with Gasteiger partial charge in [-0.15, -0.1) is 0 Å². The smallest absolute Gasteiger partial charge is 0.328 e. The fraction of sp³-hybridized carbons (Fsp3) is 0.654. The third-order valence-electron chi connectivity index (χ3n) is 8.18. The molecular weight excluding hydrogens is 430 g/mol. The molecule has 0 bridgehead atoms. The monoisotopic (exact) mass is 467 g/mol. The average Bonchev–Trinajstić information content (AvgIpc) is 3.24. The molecule has 3 aliphatic rings. The van der Waals surface area contributed by atoms with Gasteiger partial charge in [-0.1, -0.05) is 0 Å². The predicted octanol–water partition coefficient (Wildman–Crippen LogP) is 3.63. The van der Waals surface area contributed by atoms with Crippen LogP contribution in [0.1, 0.15) is 57.4 Å². The molecule has 0 spiro atoms. The fourth-order valence-electron chi connectivity index (χ4n) is 6.13. The normalized spacial score (nSPS) is 28.9. The van der Waals surface area contributed by atoms with Crippen molar-refractivity contribution in [2.75, 3.05) is 31.6 Å². The molecule has 1 saturated carbocycles. The Morgan fingerprint density at radius 1 is 1.12 bits per heavy atom. The first-order chi connectivity index (χ1) is 16.5. The van der Waals surface area contributed by atoms with Gasteiger partial charge in [0.2, 0.25) is 5.91 Å². The van der Waals surface area contributed by atoms with Crippen molar-refractivity contribution in [3.05, 3.63) is 30.1 Å². The lowest BCUT2D eigenvalue weighted by atomic mass is 9.83. The Balaban J connectivity index is 1.20. The fourth-order valence-corrected chi connectivity index (χ4v) is 6.13. The third-order valence-corrected chi connectivity index (χ3v) is 8.18. The SMILES string of the molecule is COC1CCC(CN2CC[C@@H](Cc3ccn4ncc(N5CCC(=O)NC5=O)c4c3)C[C@@H]2C)CC1. The van der Waals surface area contributed by atoms with Crippen molar-refractivity contribution < 1.29 is 14.3 Å². The van der Waals surface area contributed by atoms with Crippen LogP contribution >= 0.6 is 0 Å². The highest BCUT2D eigenvalue weighted by molar-refractivity contribution is 6.07. The van der Waals surface area contributed by atoms with Crippen LogP contribution in [0.15, 0.2) is 24.5 Å². The van der Waals surface area contributed by atoms with Crippen LogP contribution in [0.4, 0.5) is 10.5 Å². The van der Waals surface area contributed by atoms with Crippen LogP contribution in [-0.4, -0.2) is 65.3 Å². The molecule has 0 unspecified atom stereocenters. The van der Waals surface area contributed by atoms with E-state index in [1.54, 1.807) is 11.1 Å². The molecule has 3 amide bonds. The number of hydrogen-bond donors (Lipinski definition) is 1. The number of rotatable bonds is 6. The van der Waals surface area contributed by atoms with Gasteiger partial charge in [0.15, 0.2) is 0 Å². The Morgan fingerprint density at radius 2 is 1.94 bits per heavy atom. The van der Waals surface area contributed by atoms with Crippen LogP contribution in [-0.2, 0) is 16.0 Å². The van der Waals surface area contributed by atoms with Crippen LogP contribution in [0.25, 0.3) is 5.52 Å². The standard InChI is InChI=1S/C26H37N5O3/c1-18-13-20(7-10-29(18)17-19-3-5-22(34-2)6-4-19)14-21-8-12-31-23(15-21)24(16-27-31)30-11-9-25(32)28-26(30)33/h8,12,15-16,18-20,22H,3-7,9-11,13-14,17H2,1-2H3,(H,28,32,33)/t18-,19?,20+,22?/m0/s1. The number of pyridine rings is 1. The van der Waals surface area contributed by atoms with E-state index < -0.39 is 0 Å². The minimum Gasteiger partial charge on any atom is -0.381 e. The van der Waals surface area contributed by atoms with Crippen molar-refractivity contribution in [2.45, 2.75) is 70.4 Å². The van der Waals surface area contributed by atoms with Gasteiger partial charge in [-0.3, -0.25) is 15.0 Å². The topological polar surface area (TPSA) is 79.2 Å². The van der Waals surface area contributed by atoms with E-state index >= 15 is 0 Å². The molecule has 2 atom stereocenters. The van der Waals surface area contributed by atoms with Crippen molar-refractivity contribution in [3.8, 4) is 0 Å². The number of urea groups is 1. The summed E-state index contributed by atoms with van der Waals surface area (Å²) in [4.78, 5) is 28.2. The van der Waals surface area contributed by atoms with Crippen LogP contribution in [0.5, 0.6) is 0 Å². The lowest BCUT2D eigenvalue weighted by Gasteiger charge is -2.41. The number of ether oxygens (including phenoxy) is 1. The number of fused-ring (bicyclic) bond motifs is 1. The summed E-state index contributed by atoms with van der Waals surface area (Å²) in [6.45, 7) is 5.19. The number of carbonyl (C=O) groups is 2. The van der Waals surface area contributed by atoms with E-state index in [4.69, 9.17) is 4.74 Å². The molecule has 2 aromatic rings. The Labute approximate surface area is 201 Å². The third kappa shape index (κ3) is 4.98. The molecule has 0 aromatic carbocycles. The van der Waals surface area contributed by atoms with E-state index in [2.05, 4.69) is 34.4 Å². The predicted molar refractivity (Wildman–Crippen MR) is 131 cm³/mol. The first-order valence-corrected chi connectivity index (χ1v) is 12.8. The van der Waals surface area contributed by atoms with E-state index in [9.17, 15) is 9.59 Å². The van der Waals surface area contributed by atoms with Crippen LogP contribution in [0.2, 0.25) is 0 Å². The highest BCUT2D eigenvalue weighted by Gasteiger charge is 2.30. The number of aromatic nitrogens is 2. The van der Waals surface area contributed by atoms with Gasteiger partial charge >= 0.3 is 6.03 Å². The molecule has 1 N–H and O–H groups in total. The van der Waals surface area contributed by atoms with Crippen molar-refractivity contribution >= 4 is 23.1 Å². The highest BCUT2D eigenvalue weighted by Crippen LogP contribution is 2.32. The maximum Gasteiger partial charge on any atom is 0.328 e. The van der Waals surface area contributed by atoms with Crippen molar-refractivity contribution in [3.63, 3.8) is 0 Å². The Kier molecular flexibility index (Phi) is 6.88. The molecule has 184 valence electrons. The van der Waals surface area contributed by atoms with E-state index in [0.717, 1.165) is 23.5 Å². The Bertz CT molecular complexity index is 1030. The van der Waals surface area contributed by atoms with Gasteiger partial charge in [-0.05, 0) is 87.9 Å². The largest absolute Gasteiger partial charge is 0.381 e. The van der Waals surface area contributed by atoms with Gasteiger partial charge in [0, 0.05) is 38.9 Å². The molecule has 8 heteroatoms. The van der Waals surface area contributed by atoms with Crippen molar-refractivity contribution in [1.82, 2.24) is 19.8 Å². The number of anilines is 1. The number of piperidine rings is 1. The summed E-state index contributed by atoms with van der Waals surface area (Å²) in [5.41, 5.74) is 2.96. The van der Waals surface area contributed by atoms with Crippen LogP contribution < -0.4 is 10.2 Å². The first kappa shape index (κ1) is 23.3. The molecule has 4 heterocycles. The number of nitrogens with zero attached hydrogens (tertiary/aromatic N) is 4. The number of likely N-dealkylation sites (tertiary alicyclic amines) is 1. The zero-order chi connectivity index (χ0) is 23.7. The molecule has 0 radical (unpaired) electrons. The van der Waals surface area contributed by atoms with Crippen molar-refractivity contribution in [2.24, 2.45) is 11.8 Å². The summed E-state index contributed by atoms with van der Waals surface area (Å²) in [6, 6.07) is 4.56. The minimum atomic E-state index is -0.367. The summed E-state index contributed by atoms with van der Waals surface area (Å²) in [5.74, 6) is 1.26. The quantitative estimate of drug-likeness (QED) is 0.702. The number of methoxy groups -OCH3 is 1. The van der Waals surface area contributed by atoms with Crippen molar-refractivity contribution in [1.29, 1.82) is 0 Å². The summed E-state index contributed by atoms with van der Waals surface area (Å²) in [6.07, 6.45) is 13.0. The maximum atomic E-state index is 12.3. The second-order valence-corrected chi connectivity index (χ2v) is 10.5. The first-order valence-electron chi connectivity index (χ1n) is 12.8. The van der Waals surface area contributed by atoms with Crippen LogP contribution in [0.3, 0.4) is 0 Å². The summed E-state index contributed by atoms with van der Waals surface area (Å²) >= 11 is 0. The molecule has 3 fully saturated rings. The second-order valence-electron chi connectivity index (χ2n) is 10.5. The van der Waals surface area contributed by atoms with E-state index in [1.807, 2.05) is 17.8 Å². The number of hydrogen-bond acceptors (Lipinski definition) is 5.